The first-order valence-corrected chi connectivity index (χ1v) is 6.94. The maximum Gasteiger partial charge on any atom is 0.321 e. The van der Waals surface area contributed by atoms with Crippen LogP contribution in [0.4, 0.5) is 0 Å². The van der Waals surface area contributed by atoms with Gasteiger partial charge in [0.2, 0.25) is 0 Å². The van der Waals surface area contributed by atoms with E-state index in [2.05, 4.69) is 0 Å². The number of carbonyl (C=O) groups excluding carboxylic acids is 1. The van der Waals surface area contributed by atoms with E-state index in [9.17, 15) is 9.59 Å². The molecule has 0 saturated carbocycles. The molecule has 5 nitrogen and oxygen atoms in total. The molecule has 21 heavy (non-hydrogen) atoms. The van der Waals surface area contributed by atoms with Crippen molar-refractivity contribution in [3.8, 4) is 0 Å². The van der Waals surface area contributed by atoms with Crippen LogP contribution in [0.5, 0.6) is 0 Å². The highest BCUT2D eigenvalue weighted by atomic mass is 35.5. The Labute approximate surface area is 133 Å². The lowest BCUT2D eigenvalue weighted by Crippen LogP contribution is -2.43. The van der Waals surface area contributed by atoms with Gasteiger partial charge >= 0.3 is 11.9 Å². The van der Waals surface area contributed by atoms with Crippen LogP contribution in [0.25, 0.3) is 0 Å². The summed E-state index contributed by atoms with van der Waals surface area (Å²) in [6.07, 6.45) is 0. The van der Waals surface area contributed by atoms with Crippen LogP contribution in [0.15, 0.2) is 18.2 Å². The van der Waals surface area contributed by atoms with Gasteiger partial charge in [-0.2, -0.15) is 0 Å². The summed E-state index contributed by atoms with van der Waals surface area (Å²) in [5.74, 6) is -3.29. The number of carboxylic acids is 1. The number of ether oxygens (including phenoxy) is 1. The number of rotatable bonds is 4. The van der Waals surface area contributed by atoms with Gasteiger partial charge in [0.1, 0.15) is 17.6 Å². The van der Waals surface area contributed by atoms with Gasteiger partial charge in [0.25, 0.3) is 0 Å². The molecule has 0 aliphatic rings. The van der Waals surface area contributed by atoms with Gasteiger partial charge in [0, 0.05) is 10.0 Å². The van der Waals surface area contributed by atoms with E-state index in [1.807, 2.05) is 0 Å². The molecular weight excluding hydrogens is 317 g/mol. The molecule has 0 aliphatic heterocycles. The molecule has 0 saturated heterocycles. The Hall–Kier alpha value is -1.30. The number of hydrogen-bond acceptors (Lipinski definition) is 4. The minimum absolute atomic E-state index is 0.162. The first-order valence-electron chi connectivity index (χ1n) is 6.19. The zero-order valence-electron chi connectivity index (χ0n) is 11.9. The van der Waals surface area contributed by atoms with E-state index >= 15 is 0 Å². The van der Waals surface area contributed by atoms with Gasteiger partial charge in [-0.15, -0.1) is 0 Å². The fourth-order valence-corrected chi connectivity index (χ4v) is 2.25. The van der Waals surface area contributed by atoms with Crippen LogP contribution in [-0.4, -0.2) is 28.7 Å². The second kappa shape index (κ2) is 6.64. The van der Waals surface area contributed by atoms with Crippen LogP contribution in [0.1, 0.15) is 32.3 Å². The molecule has 2 unspecified atom stereocenters. The maximum atomic E-state index is 12.3. The van der Waals surface area contributed by atoms with Crippen molar-refractivity contribution in [3.05, 3.63) is 33.8 Å². The van der Waals surface area contributed by atoms with Gasteiger partial charge in [-0.25, -0.2) is 0 Å². The molecule has 0 heterocycles. The topological polar surface area (TPSA) is 89.6 Å². The summed E-state index contributed by atoms with van der Waals surface area (Å²) >= 11 is 11.8. The number of carbonyl (C=O) groups is 2. The molecule has 116 valence electrons. The number of benzene rings is 1. The van der Waals surface area contributed by atoms with E-state index in [0.717, 1.165) is 0 Å². The van der Waals surface area contributed by atoms with Gasteiger partial charge in [0.15, 0.2) is 0 Å². The lowest BCUT2D eigenvalue weighted by molar-refractivity contribution is -0.160. The van der Waals surface area contributed by atoms with Gasteiger partial charge in [-0.3, -0.25) is 9.59 Å². The van der Waals surface area contributed by atoms with Crippen LogP contribution >= 0.6 is 23.2 Å². The summed E-state index contributed by atoms with van der Waals surface area (Å²) < 4.78 is 5.24. The summed E-state index contributed by atoms with van der Waals surface area (Å²) in [5.41, 5.74) is 5.12. The highest BCUT2D eigenvalue weighted by Gasteiger charge is 2.36. The third-order valence-corrected chi connectivity index (χ3v) is 3.16. The van der Waals surface area contributed by atoms with Crippen molar-refractivity contribution < 1.29 is 19.4 Å². The third-order valence-electron chi connectivity index (χ3n) is 2.60. The van der Waals surface area contributed by atoms with Gasteiger partial charge in [0.05, 0.1) is 0 Å². The SMILES string of the molecule is CC(C)(C)OC(=O)C(c1ccc(Cl)cc1Cl)C(N)C(=O)O. The standard InChI is InChI=1S/C14H17Cl2NO4/c1-14(2,3)21-13(20)10(11(17)12(18)19)8-5-4-7(15)6-9(8)16/h4-6,10-11H,17H2,1-3H3,(H,18,19). The van der Waals surface area contributed by atoms with Gasteiger partial charge in [-0.1, -0.05) is 29.3 Å². The van der Waals surface area contributed by atoms with E-state index in [4.69, 9.17) is 38.8 Å². The van der Waals surface area contributed by atoms with Crippen LogP contribution in [0.2, 0.25) is 10.0 Å². The average molecular weight is 334 g/mol. The Morgan fingerprint density at radius 3 is 2.29 bits per heavy atom. The molecule has 0 bridgehead atoms. The van der Waals surface area contributed by atoms with Crippen molar-refractivity contribution in [1.29, 1.82) is 0 Å². The highest BCUT2D eigenvalue weighted by molar-refractivity contribution is 6.35. The van der Waals surface area contributed by atoms with Crippen molar-refractivity contribution >= 4 is 35.1 Å². The zero-order chi connectivity index (χ0) is 16.4. The summed E-state index contributed by atoms with van der Waals surface area (Å²) in [6, 6.07) is 2.93. The van der Waals surface area contributed by atoms with Crippen LogP contribution in [0.3, 0.4) is 0 Å². The molecule has 2 atom stereocenters. The molecule has 0 aliphatic carbocycles. The van der Waals surface area contributed by atoms with E-state index in [1.165, 1.54) is 18.2 Å². The van der Waals surface area contributed by atoms with Crippen LogP contribution in [-0.2, 0) is 14.3 Å². The molecule has 1 rings (SSSR count). The molecule has 3 N–H and O–H groups in total. The fourth-order valence-electron chi connectivity index (χ4n) is 1.73. The molecular formula is C14H17Cl2NO4. The number of nitrogens with two attached hydrogens (primary N) is 1. The summed E-state index contributed by atoms with van der Waals surface area (Å²) in [7, 11) is 0. The van der Waals surface area contributed by atoms with Crippen molar-refractivity contribution in [2.24, 2.45) is 5.73 Å². The van der Waals surface area contributed by atoms with E-state index in [0.29, 0.717) is 5.02 Å². The number of hydrogen-bond donors (Lipinski definition) is 2. The Kier molecular flexibility index (Phi) is 5.61. The van der Waals surface area contributed by atoms with Crippen molar-refractivity contribution in [3.63, 3.8) is 0 Å². The number of carboxylic acid groups (broad SMARTS) is 1. The molecule has 0 fully saturated rings. The molecule has 0 amide bonds. The molecule has 0 spiro atoms. The van der Waals surface area contributed by atoms with E-state index < -0.39 is 29.5 Å². The third kappa shape index (κ3) is 4.88. The minimum atomic E-state index is -1.47. The highest BCUT2D eigenvalue weighted by Crippen LogP contribution is 2.31. The second-order valence-electron chi connectivity index (χ2n) is 5.54. The largest absolute Gasteiger partial charge is 0.480 e. The lowest BCUT2D eigenvalue weighted by atomic mass is 9.91. The zero-order valence-corrected chi connectivity index (χ0v) is 13.4. The van der Waals surface area contributed by atoms with Gasteiger partial charge in [-0.05, 0) is 38.5 Å². The Morgan fingerprint density at radius 2 is 1.86 bits per heavy atom. The van der Waals surface area contributed by atoms with Crippen molar-refractivity contribution in [2.45, 2.75) is 38.3 Å². The van der Waals surface area contributed by atoms with E-state index in [-0.39, 0.29) is 10.6 Å². The Morgan fingerprint density at radius 1 is 1.29 bits per heavy atom. The molecule has 0 radical (unpaired) electrons. The monoisotopic (exact) mass is 333 g/mol. The van der Waals surface area contributed by atoms with Crippen LogP contribution in [0, 0.1) is 0 Å². The normalized spacial score (nSPS) is 14.4. The van der Waals surface area contributed by atoms with Crippen LogP contribution < -0.4 is 5.73 Å². The second-order valence-corrected chi connectivity index (χ2v) is 6.38. The number of esters is 1. The lowest BCUT2D eigenvalue weighted by Gasteiger charge is -2.26. The summed E-state index contributed by atoms with van der Waals surface area (Å²) in [6.45, 7) is 5.03. The number of aliphatic carboxylic acids is 1. The minimum Gasteiger partial charge on any atom is -0.480 e. The first-order chi connectivity index (χ1) is 9.53. The fraction of sp³-hybridized carbons (Fsp3) is 0.429. The predicted molar refractivity (Wildman–Crippen MR) is 80.7 cm³/mol. The van der Waals surface area contributed by atoms with Crippen molar-refractivity contribution in [1.82, 2.24) is 0 Å². The molecule has 0 aromatic heterocycles. The quantitative estimate of drug-likeness (QED) is 0.827. The maximum absolute atomic E-state index is 12.3. The molecule has 7 heteroatoms. The summed E-state index contributed by atoms with van der Waals surface area (Å²) in [4.78, 5) is 23.4. The smallest absolute Gasteiger partial charge is 0.321 e. The predicted octanol–water partition coefficient (Wildman–Crippen LogP) is 2.83. The summed E-state index contributed by atoms with van der Waals surface area (Å²) in [5, 5.41) is 9.64. The average Bonchev–Trinajstić information content (AvgIpc) is 2.29. The Bertz CT molecular complexity index is 554. The first kappa shape index (κ1) is 17.8. The van der Waals surface area contributed by atoms with Crippen molar-refractivity contribution in [2.75, 3.05) is 0 Å². The Balaban J connectivity index is 3.25. The molecule has 1 aromatic carbocycles. The van der Waals surface area contributed by atoms with Gasteiger partial charge < -0.3 is 15.6 Å². The number of halogens is 2. The molecule has 1 aromatic rings. The van der Waals surface area contributed by atoms with E-state index in [1.54, 1.807) is 20.8 Å².